The predicted octanol–water partition coefficient (Wildman–Crippen LogP) is 7.21. The largest absolute Gasteiger partial charge is 0.494 e. The van der Waals surface area contributed by atoms with Crippen LogP contribution >= 0.6 is 0 Å². The molecule has 256 valence electrons. The van der Waals surface area contributed by atoms with Gasteiger partial charge in [0.1, 0.15) is 29.6 Å². The third-order valence-corrected chi connectivity index (χ3v) is 7.06. The number of fused-ring (bicyclic) bond motifs is 3. The third-order valence-electron chi connectivity index (χ3n) is 7.06. The molecule has 0 spiro atoms. The van der Waals surface area contributed by atoms with Crippen LogP contribution in [0.1, 0.15) is 71.4 Å². The molecule has 3 aromatic carbocycles. The Kier molecular flexibility index (Phi) is 11.7. The first-order valence-electron chi connectivity index (χ1n) is 16.0. The van der Waals surface area contributed by atoms with Crippen LogP contribution in [0, 0.1) is 0 Å². The lowest BCUT2D eigenvalue weighted by Crippen LogP contribution is -2.45. The monoisotopic (exact) mass is 659 g/mol. The normalized spacial score (nSPS) is 13.5. The zero-order valence-electron chi connectivity index (χ0n) is 28.4. The molecule has 1 aliphatic carbocycles. The first-order chi connectivity index (χ1) is 22.7. The van der Waals surface area contributed by atoms with Gasteiger partial charge >= 0.3 is 18.2 Å². The average molecular weight is 660 g/mol. The summed E-state index contributed by atoms with van der Waals surface area (Å²) in [6.45, 7) is 11.7. The highest BCUT2D eigenvalue weighted by Gasteiger charge is 2.31. The van der Waals surface area contributed by atoms with Crippen molar-refractivity contribution in [2.45, 2.75) is 77.5 Å². The van der Waals surface area contributed by atoms with Crippen molar-refractivity contribution in [1.29, 1.82) is 0 Å². The number of amides is 2. The molecule has 0 bridgehead atoms. The molecule has 0 radical (unpaired) electrons. The Labute approximate surface area is 281 Å². The molecule has 0 saturated heterocycles. The molecule has 0 unspecified atom stereocenters. The van der Waals surface area contributed by atoms with Gasteiger partial charge < -0.3 is 34.7 Å². The molecule has 3 N–H and O–H groups in total. The smallest absolute Gasteiger partial charge is 0.407 e. The van der Waals surface area contributed by atoms with Crippen LogP contribution in [0.2, 0.25) is 0 Å². The number of aliphatic carboxylic acids is 1. The molecule has 1 atom stereocenters. The molecule has 48 heavy (non-hydrogen) atoms. The first kappa shape index (κ1) is 35.8. The summed E-state index contributed by atoms with van der Waals surface area (Å²) in [6.07, 6.45) is -1.16. The van der Waals surface area contributed by atoms with Gasteiger partial charge in [0.2, 0.25) is 5.90 Å². The van der Waals surface area contributed by atoms with Gasteiger partial charge in [-0.15, -0.1) is 0 Å². The number of carbonyl (C=O) groups excluding carboxylic acids is 2. The second-order valence-corrected chi connectivity index (χ2v) is 13.4. The Morgan fingerprint density at radius 2 is 1.40 bits per heavy atom. The third kappa shape index (κ3) is 10.8. The summed E-state index contributed by atoms with van der Waals surface area (Å²) in [5, 5.41) is 15.1. The minimum Gasteiger partial charge on any atom is -0.494 e. The van der Waals surface area contributed by atoms with Gasteiger partial charge in [0.15, 0.2) is 0 Å². The molecular weight excluding hydrogens is 614 g/mol. The quantitative estimate of drug-likeness (QED) is 0.105. The summed E-state index contributed by atoms with van der Waals surface area (Å²) >= 11 is 0. The van der Waals surface area contributed by atoms with Crippen molar-refractivity contribution in [1.82, 2.24) is 10.6 Å². The van der Waals surface area contributed by atoms with E-state index in [9.17, 15) is 19.5 Å². The summed E-state index contributed by atoms with van der Waals surface area (Å²) in [6, 6.07) is 21.8. The number of carboxylic acid groups (broad SMARTS) is 1. The maximum atomic E-state index is 13.1. The highest BCUT2D eigenvalue weighted by atomic mass is 16.6. The van der Waals surface area contributed by atoms with E-state index < -0.39 is 41.8 Å². The molecule has 4 rings (SSSR count). The zero-order chi connectivity index (χ0) is 34.9. The molecule has 11 nitrogen and oxygen atoms in total. The number of hydrogen-bond acceptors (Lipinski definition) is 8. The summed E-state index contributed by atoms with van der Waals surface area (Å²) in [7, 11) is 0. The molecule has 1 aliphatic rings. The molecule has 0 fully saturated rings. The summed E-state index contributed by atoms with van der Waals surface area (Å²) < 4.78 is 22.8. The number of benzene rings is 3. The van der Waals surface area contributed by atoms with Crippen molar-refractivity contribution in [3.8, 4) is 16.9 Å². The Balaban J connectivity index is 1.40. The number of rotatable bonds is 12. The van der Waals surface area contributed by atoms with Gasteiger partial charge in [0, 0.05) is 12.5 Å². The van der Waals surface area contributed by atoms with Crippen LogP contribution in [0.25, 0.3) is 11.1 Å². The SMILES string of the molecule is CC(C)(C)OC(=O)NCCCOc1ccc(N=C(OC(C)(C)C)[C@H](CC(=O)O)NC(=O)OCC2c3ccccc3-c3ccccc32)cc1. The average Bonchev–Trinajstić information content (AvgIpc) is 3.32. The van der Waals surface area contributed by atoms with Gasteiger partial charge in [0.05, 0.1) is 18.7 Å². The van der Waals surface area contributed by atoms with E-state index in [4.69, 9.17) is 18.9 Å². The maximum Gasteiger partial charge on any atom is 0.407 e. The Bertz CT molecular complexity index is 1560. The standard InChI is InChI=1S/C37H45N3O8/c1-36(2,3)47-33(39-24-16-18-25(19-17-24)45-21-11-20-38-34(43)48-37(4,5)6)31(22-32(41)42)40-35(44)46-23-30-28-14-9-7-12-26(28)27-13-8-10-15-29(27)30/h7-10,12-19,30-31H,11,20-23H2,1-6H3,(H,38,43)(H,40,44)(H,41,42)/t31-/m0/s1. The number of carboxylic acids is 1. The van der Waals surface area contributed by atoms with Crippen LogP contribution in [0.3, 0.4) is 0 Å². The fourth-order valence-electron chi connectivity index (χ4n) is 5.15. The molecule has 3 aromatic rings. The van der Waals surface area contributed by atoms with Gasteiger partial charge in [-0.05, 0) is 94.5 Å². The number of hydrogen-bond donors (Lipinski definition) is 3. The van der Waals surface area contributed by atoms with E-state index in [-0.39, 0.29) is 18.4 Å². The Morgan fingerprint density at radius 1 is 0.812 bits per heavy atom. The Morgan fingerprint density at radius 3 is 1.96 bits per heavy atom. The van der Waals surface area contributed by atoms with E-state index in [0.717, 1.165) is 22.3 Å². The molecule has 0 aromatic heterocycles. The molecule has 11 heteroatoms. The van der Waals surface area contributed by atoms with Crippen LogP contribution in [0.5, 0.6) is 5.75 Å². The van der Waals surface area contributed by atoms with Crippen LogP contribution in [-0.4, -0.2) is 66.2 Å². The second kappa shape index (κ2) is 15.7. The van der Waals surface area contributed by atoms with Crippen molar-refractivity contribution >= 4 is 29.7 Å². The first-order valence-corrected chi connectivity index (χ1v) is 16.0. The number of alkyl carbamates (subject to hydrolysis) is 2. The van der Waals surface area contributed by atoms with Crippen molar-refractivity contribution < 1.29 is 38.4 Å². The van der Waals surface area contributed by atoms with E-state index >= 15 is 0 Å². The van der Waals surface area contributed by atoms with Gasteiger partial charge in [-0.2, -0.15) is 0 Å². The zero-order valence-corrected chi connectivity index (χ0v) is 28.4. The summed E-state index contributed by atoms with van der Waals surface area (Å²) in [5.74, 6) is -0.681. The van der Waals surface area contributed by atoms with Crippen LogP contribution < -0.4 is 15.4 Å². The van der Waals surface area contributed by atoms with Crippen molar-refractivity contribution in [2.75, 3.05) is 19.8 Å². The van der Waals surface area contributed by atoms with Crippen LogP contribution in [0.4, 0.5) is 15.3 Å². The number of nitrogens with zero attached hydrogens (tertiary/aromatic N) is 1. The fraction of sp³-hybridized carbons (Fsp3) is 0.405. The minimum absolute atomic E-state index is 0.0280. The Hall–Kier alpha value is -5.06. The lowest BCUT2D eigenvalue weighted by atomic mass is 9.98. The van der Waals surface area contributed by atoms with E-state index in [1.165, 1.54) is 0 Å². The number of nitrogens with one attached hydrogen (secondary N) is 2. The van der Waals surface area contributed by atoms with Crippen molar-refractivity contribution in [3.63, 3.8) is 0 Å². The van der Waals surface area contributed by atoms with Crippen molar-refractivity contribution in [2.24, 2.45) is 4.99 Å². The van der Waals surface area contributed by atoms with E-state index in [1.54, 1.807) is 45.0 Å². The molecule has 0 heterocycles. The van der Waals surface area contributed by atoms with E-state index in [0.29, 0.717) is 31.0 Å². The second-order valence-electron chi connectivity index (χ2n) is 13.4. The van der Waals surface area contributed by atoms with E-state index in [2.05, 4.69) is 27.8 Å². The molecule has 0 saturated carbocycles. The molecular formula is C37H45N3O8. The highest BCUT2D eigenvalue weighted by molar-refractivity contribution is 5.91. The minimum atomic E-state index is -1.14. The van der Waals surface area contributed by atoms with Crippen LogP contribution in [0.15, 0.2) is 77.8 Å². The number of ether oxygens (including phenoxy) is 4. The van der Waals surface area contributed by atoms with Crippen molar-refractivity contribution in [3.05, 3.63) is 83.9 Å². The lowest BCUT2D eigenvalue weighted by Gasteiger charge is -2.27. The van der Waals surface area contributed by atoms with Gasteiger partial charge in [-0.3, -0.25) is 4.79 Å². The summed E-state index contributed by atoms with van der Waals surface area (Å²) in [5.41, 5.74) is 3.50. The van der Waals surface area contributed by atoms with Gasteiger partial charge in [0.25, 0.3) is 0 Å². The summed E-state index contributed by atoms with van der Waals surface area (Å²) in [4.78, 5) is 41.4. The topological polar surface area (TPSA) is 145 Å². The predicted molar refractivity (Wildman–Crippen MR) is 183 cm³/mol. The maximum absolute atomic E-state index is 13.1. The molecule has 0 aliphatic heterocycles. The lowest BCUT2D eigenvalue weighted by molar-refractivity contribution is -0.137. The number of carbonyl (C=O) groups is 3. The highest BCUT2D eigenvalue weighted by Crippen LogP contribution is 2.44. The van der Waals surface area contributed by atoms with Gasteiger partial charge in [-0.25, -0.2) is 14.6 Å². The van der Waals surface area contributed by atoms with E-state index in [1.807, 2.05) is 57.2 Å². The van der Waals surface area contributed by atoms with Crippen LogP contribution in [-0.2, 0) is 19.0 Å². The fourth-order valence-corrected chi connectivity index (χ4v) is 5.15. The van der Waals surface area contributed by atoms with Gasteiger partial charge in [-0.1, -0.05) is 48.5 Å². The number of aliphatic imine (C=N–C) groups is 1. The molecule has 2 amide bonds.